The topological polar surface area (TPSA) is 145 Å². The Kier molecular flexibility index (Phi) is 4.80. The van der Waals surface area contributed by atoms with Crippen LogP contribution in [0.1, 0.15) is 36.2 Å². The van der Waals surface area contributed by atoms with Crippen LogP contribution in [-0.2, 0) is 0 Å². The van der Waals surface area contributed by atoms with Crippen LogP contribution in [0.15, 0.2) is 24.5 Å². The third-order valence-corrected chi connectivity index (χ3v) is 3.98. The number of nitrogens with one attached hydrogen (secondary N) is 2. The second kappa shape index (κ2) is 7.18. The molecule has 1 saturated carbocycles. The van der Waals surface area contributed by atoms with Gasteiger partial charge in [-0.05, 0) is 25.0 Å². The van der Waals surface area contributed by atoms with Crippen LogP contribution in [0.3, 0.4) is 0 Å². The van der Waals surface area contributed by atoms with Crippen molar-refractivity contribution < 1.29 is 4.79 Å². The summed E-state index contributed by atoms with van der Waals surface area (Å²) in [6, 6.07) is 3.70. The Morgan fingerprint density at radius 3 is 2.79 bits per heavy atom. The highest BCUT2D eigenvalue weighted by molar-refractivity contribution is 5.96. The van der Waals surface area contributed by atoms with Crippen molar-refractivity contribution in [1.29, 1.82) is 0 Å². The molecule has 0 spiro atoms. The van der Waals surface area contributed by atoms with E-state index in [-0.39, 0.29) is 23.6 Å². The monoisotopic (exact) mass is 328 g/mol. The minimum absolute atomic E-state index is 0.0302. The number of amides is 1. The van der Waals surface area contributed by atoms with Crippen molar-refractivity contribution >= 4 is 23.4 Å². The number of hydrogen-bond acceptors (Lipinski definition) is 8. The molecule has 0 radical (unpaired) electrons. The van der Waals surface area contributed by atoms with E-state index in [9.17, 15) is 4.79 Å². The molecule has 1 fully saturated rings. The summed E-state index contributed by atoms with van der Waals surface area (Å²) in [4.78, 5) is 19.9. The Labute approximate surface area is 139 Å². The number of carbonyl (C=O) groups excluding carboxylic acids is 1. The predicted octanol–water partition coefficient (Wildman–Crippen LogP) is 0.791. The number of rotatable bonds is 5. The van der Waals surface area contributed by atoms with Crippen LogP contribution in [0, 0.1) is 0 Å². The Balaban J connectivity index is 1.83. The van der Waals surface area contributed by atoms with Gasteiger partial charge in [0.05, 0.1) is 11.9 Å². The van der Waals surface area contributed by atoms with Crippen molar-refractivity contribution in [3.05, 3.63) is 30.2 Å². The van der Waals surface area contributed by atoms with Crippen LogP contribution in [-0.4, -0.2) is 38.2 Å². The van der Waals surface area contributed by atoms with E-state index in [2.05, 4.69) is 30.8 Å². The number of carbonyl (C=O) groups is 1. The Bertz CT molecular complexity index is 708. The number of primary amides is 1. The van der Waals surface area contributed by atoms with E-state index in [1.54, 1.807) is 24.5 Å². The van der Waals surface area contributed by atoms with Gasteiger partial charge < -0.3 is 22.1 Å². The predicted molar refractivity (Wildman–Crippen MR) is 89.7 cm³/mol. The number of pyridine rings is 1. The smallest absolute Gasteiger partial charge is 0.273 e. The van der Waals surface area contributed by atoms with Crippen LogP contribution in [0.2, 0.25) is 0 Å². The molecular weight excluding hydrogens is 308 g/mol. The second-order valence-electron chi connectivity index (χ2n) is 5.76. The third kappa shape index (κ3) is 3.74. The summed E-state index contributed by atoms with van der Waals surface area (Å²) >= 11 is 0. The second-order valence-corrected chi connectivity index (χ2v) is 5.76. The molecule has 6 N–H and O–H groups in total. The van der Waals surface area contributed by atoms with Crippen molar-refractivity contribution in [1.82, 2.24) is 20.2 Å². The van der Waals surface area contributed by atoms with Gasteiger partial charge in [-0.2, -0.15) is 4.98 Å². The lowest BCUT2D eigenvalue weighted by molar-refractivity contribution is 0.0995. The average Bonchev–Trinajstić information content (AvgIpc) is 2.58. The van der Waals surface area contributed by atoms with Crippen LogP contribution < -0.4 is 22.1 Å². The molecule has 1 aliphatic rings. The van der Waals surface area contributed by atoms with Crippen molar-refractivity contribution in [3.8, 4) is 0 Å². The minimum Gasteiger partial charge on any atom is -0.364 e. The largest absolute Gasteiger partial charge is 0.364 e. The fourth-order valence-electron chi connectivity index (χ4n) is 2.72. The lowest BCUT2D eigenvalue weighted by atomic mass is 9.91. The van der Waals surface area contributed by atoms with Crippen molar-refractivity contribution in [2.75, 3.05) is 10.6 Å². The lowest BCUT2D eigenvalue weighted by Gasteiger charge is -2.29. The minimum atomic E-state index is -0.706. The standard InChI is InChI=1S/C15H20N8O/c16-10-5-1-2-6-11(10)20-15-21-14(12(13(17)24)22-23-15)19-9-4-3-7-18-8-9/h3-4,7-8,10-11H,1-2,5-6,16H2,(H2,17,24)(H2,19,20,21,23)/t10-,11+/m0/s1. The highest BCUT2D eigenvalue weighted by Crippen LogP contribution is 2.21. The molecule has 0 aliphatic heterocycles. The zero-order valence-corrected chi connectivity index (χ0v) is 13.1. The van der Waals surface area contributed by atoms with E-state index in [1.165, 1.54) is 0 Å². The molecule has 9 heteroatoms. The number of nitrogens with zero attached hydrogens (tertiary/aromatic N) is 4. The zero-order valence-electron chi connectivity index (χ0n) is 13.1. The average molecular weight is 328 g/mol. The maximum Gasteiger partial charge on any atom is 0.273 e. The summed E-state index contributed by atoms with van der Waals surface area (Å²) in [6.07, 6.45) is 7.41. The van der Waals surface area contributed by atoms with Gasteiger partial charge in [-0.3, -0.25) is 9.78 Å². The van der Waals surface area contributed by atoms with Gasteiger partial charge in [0, 0.05) is 18.3 Å². The van der Waals surface area contributed by atoms with E-state index < -0.39 is 5.91 Å². The highest BCUT2D eigenvalue weighted by atomic mass is 16.1. The first-order chi connectivity index (χ1) is 11.6. The van der Waals surface area contributed by atoms with E-state index >= 15 is 0 Å². The molecule has 0 aromatic carbocycles. The van der Waals surface area contributed by atoms with Gasteiger partial charge in [-0.1, -0.05) is 12.8 Å². The molecule has 0 saturated heterocycles. The summed E-state index contributed by atoms with van der Waals surface area (Å²) in [6.45, 7) is 0. The summed E-state index contributed by atoms with van der Waals surface area (Å²) < 4.78 is 0. The van der Waals surface area contributed by atoms with E-state index in [0.717, 1.165) is 25.7 Å². The van der Waals surface area contributed by atoms with Crippen molar-refractivity contribution in [2.24, 2.45) is 11.5 Å². The fraction of sp³-hybridized carbons (Fsp3) is 0.400. The summed E-state index contributed by atoms with van der Waals surface area (Å²) in [5.41, 5.74) is 12.1. The molecule has 3 rings (SSSR count). The first-order valence-electron chi connectivity index (χ1n) is 7.87. The molecule has 9 nitrogen and oxygen atoms in total. The molecule has 126 valence electrons. The summed E-state index contributed by atoms with van der Waals surface area (Å²) in [5.74, 6) is -0.159. The van der Waals surface area contributed by atoms with Crippen LogP contribution >= 0.6 is 0 Å². The third-order valence-electron chi connectivity index (χ3n) is 3.98. The van der Waals surface area contributed by atoms with Crippen LogP contribution in [0.5, 0.6) is 0 Å². The molecule has 0 unspecified atom stereocenters. The molecule has 1 amide bonds. The van der Waals surface area contributed by atoms with E-state index in [1.807, 2.05) is 0 Å². The molecule has 1 aliphatic carbocycles. The van der Waals surface area contributed by atoms with E-state index in [4.69, 9.17) is 11.5 Å². The van der Waals surface area contributed by atoms with Gasteiger partial charge in [-0.15, -0.1) is 10.2 Å². The molecule has 2 aromatic rings. The Hall–Kier alpha value is -2.81. The van der Waals surface area contributed by atoms with Gasteiger partial charge in [-0.25, -0.2) is 0 Å². The maximum atomic E-state index is 11.5. The van der Waals surface area contributed by atoms with E-state index in [0.29, 0.717) is 11.6 Å². The van der Waals surface area contributed by atoms with Crippen molar-refractivity contribution in [3.63, 3.8) is 0 Å². The number of anilines is 3. The Morgan fingerprint density at radius 2 is 2.08 bits per heavy atom. The van der Waals surface area contributed by atoms with Crippen molar-refractivity contribution in [2.45, 2.75) is 37.8 Å². The lowest BCUT2D eigenvalue weighted by Crippen LogP contribution is -2.43. The molecular formula is C15H20N8O. The normalized spacial score (nSPS) is 20.4. The quantitative estimate of drug-likeness (QED) is 0.630. The summed E-state index contributed by atoms with van der Waals surface area (Å²) in [5, 5.41) is 14.0. The van der Waals surface area contributed by atoms with Gasteiger partial charge in [0.25, 0.3) is 5.91 Å². The van der Waals surface area contributed by atoms with Crippen LogP contribution in [0.25, 0.3) is 0 Å². The molecule has 0 bridgehead atoms. The number of nitrogens with two attached hydrogens (primary N) is 2. The molecule has 2 heterocycles. The highest BCUT2D eigenvalue weighted by Gasteiger charge is 2.23. The molecule has 24 heavy (non-hydrogen) atoms. The van der Waals surface area contributed by atoms with Crippen LogP contribution in [0.4, 0.5) is 17.5 Å². The maximum absolute atomic E-state index is 11.5. The fourth-order valence-corrected chi connectivity index (χ4v) is 2.72. The summed E-state index contributed by atoms with van der Waals surface area (Å²) in [7, 11) is 0. The molecule has 2 aromatic heterocycles. The van der Waals surface area contributed by atoms with Gasteiger partial charge >= 0.3 is 0 Å². The van der Waals surface area contributed by atoms with Gasteiger partial charge in [0.15, 0.2) is 11.5 Å². The Morgan fingerprint density at radius 1 is 1.25 bits per heavy atom. The molecule has 2 atom stereocenters. The number of hydrogen-bond donors (Lipinski definition) is 4. The van der Waals surface area contributed by atoms with Gasteiger partial charge in [0.1, 0.15) is 0 Å². The number of aromatic nitrogens is 4. The first-order valence-corrected chi connectivity index (χ1v) is 7.87. The zero-order chi connectivity index (χ0) is 16.9. The first kappa shape index (κ1) is 16.1. The van der Waals surface area contributed by atoms with Gasteiger partial charge in [0.2, 0.25) is 5.95 Å². The SMILES string of the molecule is NC(=O)c1nnc(N[C@@H]2CCCC[C@@H]2N)nc1Nc1cccnc1.